The van der Waals surface area contributed by atoms with Gasteiger partial charge in [0.1, 0.15) is 5.52 Å². The molecule has 1 unspecified atom stereocenters. The van der Waals surface area contributed by atoms with Gasteiger partial charge in [0, 0.05) is 19.3 Å². The Morgan fingerprint density at radius 1 is 1.20 bits per heavy atom. The predicted molar refractivity (Wildman–Crippen MR) is 96.2 cm³/mol. The molecule has 1 aromatic heterocycles. The average Bonchev–Trinajstić information content (AvgIpc) is 2.83. The summed E-state index contributed by atoms with van der Waals surface area (Å²) in [5.74, 6) is 0.749. The van der Waals surface area contributed by atoms with Gasteiger partial charge in [-0.1, -0.05) is 44.0 Å². The highest BCUT2D eigenvalue weighted by Crippen LogP contribution is 2.34. The Hall–Kier alpha value is -0.400. The van der Waals surface area contributed by atoms with E-state index in [0.29, 0.717) is 6.42 Å². The number of fused-ring (bicyclic) bond motifs is 1. The lowest BCUT2D eigenvalue weighted by Gasteiger charge is -2.10. The van der Waals surface area contributed by atoms with Crippen LogP contribution in [0.5, 0.6) is 0 Å². The number of nitrogens with zero attached hydrogens (tertiary/aromatic N) is 1. The second-order valence-corrected chi connectivity index (χ2v) is 7.62. The summed E-state index contributed by atoms with van der Waals surface area (Å²) < 4.78 is 8.08. The van der Waals surface area contributed by atoms with Gasteiger partial charge in [0.05, 0.1) is 0 Å². The van der Waals surface area contributed by atoms with Crippen molar-refractivity contribution in [1.29, 1.82) is 0 Å². The van der Waals surface area contributed by atoms with Gasteiger partial charge >= 0.3 is 0 Å². The summed E-state index contributed by atoms with van der Waals surface area (Å²) in [5.41, 5.74) is 2.95. The van der Waals surface area contributed by atoms with Crippen LogP contribution in [-0.4, -0.2) is 4.98 Å². The molecule has 0 fully saturated rings. The number of para-hydroxylation sites is 2. The third-order valence-corrected chi connectivity index (χ3v) is 5.20. The Bertz CT molecular complexity index is 723. The molecule has 3 rings (SSSR count). The number of alkyl halides is 1. The molecule has 0 aliphatic heterocycles. The third-order valence-electron chi connectivity index (χ3n) is 2.99. The summed E-state index contributed by atoms with van der Waals surface area (Å²) in [6.07, 6.45) is 0.716. The summed E-state index contributed by atoms with van der Waals surface area (Å²) in [6.45, 7) is 0. The fourth-order valence-corrected chi connectivity index (χ4v) is 4.03. The summed E-state index contributed by atoms with van der Waals surface area (Å²) in [6, 6.07) is 14.1. The molecule has 0 bridgehead atoms. The van der Waals surface area contributed by atoms with E-state index >= 15 is 0 Å². The predicted octanol–water partition coefficient (Wildman–Crippen LogP) is 5.87. The van der Waals surface area contributed by atoms with E-state index in [9.17, 15) is 0 Å². The zero-order valence-corrected chi connectivity index (χ0v) is 15.6. The minimum Gasteiger partial charge on any atom is -0.441 e. The lowest BCUT2D eigenvalue weighted by atomic mass is 10.1. The topological polar surface area (TPSA) is 26.0 Å². The lowest BCUT2D eigenvalue weighted by Crippen LogP contribution is -1.97. The molecule has 0 saturated carbocycles. The molecule has 2 aromatic carbocycles. The van der Waals surface area contributed by atoms with Gasteiger partial charge in [-0.05, 0) is 58.5 Å². The largest absolute Gasteiger partial charge is 0.441 e. The number of aromatic nitrogens is 1. The normalized spacial score (nSPS) is 12.8. The molecule has 1 atom stereocenters. The van der Waals surface area contributed by atoms with Crippen LogP contribution in [0.2, 0.25) is 0 Å². The van der Waals surface area contributed by atoms with Crippen molar-refractivity contribution in [3.05, 3.63) is 62.0 Å². The van der Waals surface area contributed by atoms with Crippen molar-refractivity contribution in [2.24, 2.45) is 0 Å². The fraction of sp³-hybridized carbons (Fsp3) is 0.133. The van der Waals surface area contributed by atoms with E-state index in [1.54, 1.807) is 0 Å². The van der Waals surface area contributed by atoms with Crippen LogP contribution in [0.15, 0.2) is 51.4 Å². The first kappa shape index (κ1) is 14.5. The first-order valence-corrected chi connectivity index (χ1v) is 8.85. The smallest absolute Gasteiger partial charge is 0.196 e. The maximum Gasteiger partial charge on any atom is 0.196 e. The molecule has 0 radical (unpaired) electrons. The number of halogens is 3. The zero-order chi connectivity index (χ0) is 14.1. The van der Waals surface area contributed by atoms with Gasteiger partial charge in [0.2, 0.25) is 0 Å². The van der Waals surface area contributed by atoms with E-state index in [2.05, 4.69) is 77.6 Å². The molecule has 102 valence electrons. The van der Waals surface area contributed by atoms with Crippen molar-refractivity contribution in [3.63, 3.8) is 0 Å². The van der Waals surface area contributed by atoms with Crippen LogP contribution in [0, 0.1) is 3.57 Å². The van der Waals surface area contributed by atoms with Crippen LogP contribution in [0.25, 0.3) is 11.1 Å². The van der Waals surface area contributed by atoms with Crippen LogP contribution >= 0.6 is 54.5 Å². The van der Waals surface area contributed by atoms with Crippen LogP contribution in [0.1, 0.15) is 16.3 Å². The second kappa shape index (κ2) is 6.15. The molecule has 20 heavy (non-hydrogen) atoms. The molecule has 1 heterocycles. The second-order valence-electron chi connectivity index (χ2n) is 4.41. The first-order chi connectivity index (χ1) is 9.63. The minimum absolute atomic E-state index is 0.166. The molecule has 0 amide bonds. The average molecular weight is 507 g/mol. The monoisotopic (exact) mass is 505 g/mol. The SMILES string of the molecule is Brc1ccc(I)cc1C(Br)Cc1nc2ccccc2o1. The maximum atomic E-state index is 5.77. The van der Waals surface area contributed by atoms with Gasteiger partial charge in [-0.25, -0.2) is 4.98 Å². The molecular formula is C15H10Br2INO. The standard InChI is InChI=1S/C15H10Br2INO/c16-11-6-5-9(18)7-10(11)12(17)8-15-19-13-3-1-2-4-14(13)20-15/h1-7,12H,8H2. The summed E-state index contributed by atoms with van der Waals surface area (Å²) in [5, 5.41) is 0. The molecule has 3 aromatic rings. The molecule has 2 nitrogen and oxygen atoms in total. The quantitative estimate of drug-likeness (QED) is 0.328. The van der Waals surface area contributed by atoms with Crippen LogP contribution in [-0.2, 0) is 6.42 Å². The number of benzene rings is 2. The number of hydrogen-bond donors (Lipinski definition) is 0. The van der Waals surface area contributed by atoms with Gasteiger partial charge < -0.3 is 4.42 Å². The van der Waals surface area contributed by atoms with Gasteiger partial charge in [-0.3, -0.25) is 0 Å². The molecule has 0 saturated heterocycles. The van der Waals surface area contributed by atoms with Crippen LogP contribution in [0.4, 0.5) is 0 Å². The van der Waals surface area contributed by atoms with Crippen molar-refractivity contribution in [1.82, 2.24) is 4.98 Å². The van der Waals surface area contributed by atoms with Gasteiger partial charge in [0.25, 0.3) is 0 Å². The number of hydrogen-bond acceptors (Lipinski definition) is 2. The molecular weight excluding hydrogens is 497 g/mol. The fourth-order valence-electron chi connectivity index (χ4n) is 2.03. The van der Waals surface area contributed by atoms with E-state index in [1.807, 2.05) is 24.3 Å². The Balaban J connectivity index is 1.88. The van der Waals surface area contributed by atoms with Crippen molar-refractivity contribution in [2.45, 2.75) is 11.2 Å². The van der Waals surface area contributed by atoms with Gasteiger partial charge in [0.15, 0.2) is 11.5 Å². The van der Waals surface area contributed by atoms with E-state index in [0.717, 1.165) is 21.5 Å². The van der Waals surface area contributed by atoms with Crippen LogP contribution < -0.4 is 0 Å². The van der Waals surface area contributed by atoms with E-state index in [-0.39, 0.29) is 4.83 Å². The zero-order valence-electron chi connectivity index (χ0n) is 10.3. The Morgan fingerprint density at radius 3 is 2.80 bits per heavy atom. The summed E-state index contributed by atoms with van der Waals surface area (Å²) >= 11 is 9.64. The lowest BCUT2D eigenvalue weighted by molar-refractivity contribution is 0.527. The van der Waals surface area contributed by atoms with Gasteiger partial charge in [-0.15, -0.1) is 0 Å². The molecule has 0 N–H and O–H groups in total. The van der Waals surface area contributed by atoms with Crippen LogP contribution in [0.3, 0.4) is 0 Å². The van der Waals surface area contributed by atoms with E-state index in [1.165, 1.54) is 9.13 Å². The molecule has 0 aliphatic carbocycles. The highest BCUT2D eigenvalue weighted by molar-refractivity contribution is 14.1. The Labute approximate surface area is 147 Å². The van der Waals surface area contributed by atoms with Crippen molar-refractivity contribution in [2.75, 3.05) is 0 Å². The Kier molecular flexibility index (Phi) is 4.47. The van der Waals surface area contributed by atoms with Crippen molar-refractivity contribution in [3.8, 4) is 0 Å². The van der Waals surface area contributed by atoms with Crippen molar-refractivity contribution < 1.29 is 4.42 Å². The molecule has 0 spiro atoms. The number of rotatable bonds is 3. The summed E-state index contributed by atoms with van der Waals surface area (Å²) in [4.78, 5) is 4.68. The molecule has 0 aliphatic rings. The number of oxazole rings is 1. The minimum atomic E-state index is 0.166. The van der Waals surface area contributed by atoms with E-state index in [4.69, 9.17) is 4.42 Å². The maximum absolute atomic E-state index is 5.77. The van der Waals surface area contributed by atoms with E-state index < -0.39 is 0 Å². The van der Waals surface area contributed by atoms with Crippen molar-refractivity contribution >= 4 is 65.6 Å². The summed E-state index contributed by atoms with van der Waals surface area (Å²) in [7, 11) is 0. The highest BCUT2D eigenvalue weighted by Gasteiger charge is 2.16. The highest BCUT2D eigenvalue weighted by atomic mass is 127. The molecule has 5 heteroatoms. The first-order valence-electron chi connectivity index (χ1n) is 6.07. The Morgan fingerprint density at radius 2 is 2.00 bits per heavy atom. The van der Waals surface area contributed by atoms with Gasteiger partial charge in [-0.2, -0.15) is 0 Å². The third kappa shape index (κ3) is 3.09.